The molecule has 0 amide bonds. The van der Waals surface area contributed by atoms with Gasteiger partial charge in [-0.05, 0) is 24.0 Å². The average molecular weight is 322 g/mol. The van der Waals surface area contributed by atoms with Crippen LogP contribution in [0, 0.1) is 0 Å². The highest BCUT2D eigenvalue weighted by molar-refractivity contribution is 5.32. The molecule has 2 aliphatic rings. The molecule has 2 heterocycles. The molecule has 2 aliphatic heterocycles. The fraction of sp³-hybridized carbons (Fsp3) is 0.429. The largest absolute Gasteiger partial charge is 0.393 e. The normalized spacial score (nSPS) is 21.1. The first-order valence-corrected chi connectivity index (χ1v) is 9.07. The Bertz CT molecular complexity index is 592. The zero-order chi connectivity index (χ0) is 16.4. The fourth-order valence-electron chi connectivity index (χ4n) is 4.07. The summed E-state index contributed by atoms with van der Waals surface area (Å²) in [6.07, 6.45) is 1.77. The highest BCUT2D eigenvalue weighted by atomic mass is 16.3. The van der Waals surface area contributed by atoms with Crippen LogP contribution in [-0.2, 0) is 0 Å². The minimum atomic E-state index is -0.0844. The van der Waals surface area contributed by atoms with E-state index in [4.69, 9.17) is 0 Å². The Kier molecular flexibility index (Phi) is 4.65. The third-order valence-electron chi connectivity index (χ3n) is 5.50. The van der Waals surface area contributed by atoms with Crippen molar-refractivity contribution < 1.29 is 5.11 Å². The molecule has 0 atom stereocenters. The first kappa shape index (κ1) is 15.8. The van der Waals surface area contributed by atoms with Gasteiger partial charge >= 0.3 is 0 Å². The van der Waals surface area contributed by atoms with Gasteiger partial charge in [0.25, 0.3) is 0 Å². The van der Waals surface area contributed by atoms with E-state index in [0.29, 0.717) is 12.1 Å². The summed E-state index contributed by atoms with van der Waals surface area (Å²) in [6, 6.07) is 22.7. The van der Waals surface area contributed by atoms with E-state index in [1.54, 1.807) is 0 Å². The Morgan fingerprint density at radius 2 is 1.29 bits per heavy atom. The van der Waals surface area contributed by atoms with Crippen molar-refractivity contribution in [2.45, 2.75) is 31.0 Å². The molecule has 1 N–H and O–H groups in total. The molecule has 0 saturated carbocycles. The van der Waals surface area contributed by atoms with Gasteiger partial charge in [-0.25, -0.2) is 0 Å². The van der Waals surface area contributed by atoms with Crippen molar-refractivity contribution in [1.29, 1.82) is 0 Å². The van der Waals surface area contributed by atoms with E-state index in [1.165, 1.54) is 11.1 Å². The Morgan fingerprint density at radius 1 is 0.792 bits per heavy atom. The molecule has 126 valence electrons. The molecular formula is C21H26N2O. The molecule has 3 nitrogen and oxygen atoms in total. The number of aliphatic hydroxyl groups is 1. The minimum Gasteiger partial charge on any atom is -0.393 e. The van der Waals surface area contributed by atoms with E-state index in [2.05, 4.69) is 70.5 Å². The van der Waals surface area contributed by atoms with Gasteiger partial charge in [-0.15, -0.1) is 0 Å². The zero-order valence-electron chi connectivity index (χ0n) is 14.1. The van der Waals surface area contributed by atoms with E-state index in [-0.39, 0.29) is 6.10 Å². The molecule has 2 aromatic carbocycles. The summed E-state index contributed by atoms with van der Waals surface area (Å²) in [5, 5.41) is 9.70. The number of nitrogens with zero attached hydrogens (tertiary/aromatic N) is 2. The second kappa shape index (κ2) is 7.06. The van der Waals surface area contributed by atoms with E-state index >= 15 is 0 Å². The second-order valence-corrected chi connectivity index (χ2v) is 7.10. The Hall–Kier alpha value is -1.68. The summed E-state index contributed by atoms with van der Waals surface area (Å²) >= 11 is 0. The van der Waals surface area contributed by atoms with Gasteiger partial charge in [0.2, 0.25) is 0 Å². The van der Waals surface area contributed by atoms with Crippen LogP contribution in [0.15, 0.2) is 60.7 Å². The lowest BCUT2D eigenvalue weighted by Gasteiger charge is -2.50. The lowest BCUT2D eigenvalue weighted by Crippen LogP contribution is -2.61. The van der Waals surface area contributed by atoms with Crippen LogP contribution < -0.4 is 0 Å². The molecule has 4 rings (SSSR count). The van der Waals surface area contributed by atoms with E-state index in [9.17, 15) is 5.11 Å². The van der Waals surface area contributed by atoms with Crippen LogP contribution in [0.3, 0.4) is 0 Å². The lowest BCUT2D eigenvalue weighted by molar-refractivity contribution is -0.0166. The number of aliphatic hydroxyl groups excluding tert-OH is 1. The Morgan fingerprint density at radius 3 is 1.79 bits per heavy atom. The van der Waals surface area contributed by atoms with Crippen molar-refractivity contribution in [2.75, 3.05) is 26.2 Å². The Labute approximate surface area is 144 Å². The molecule has 0 radical (unpaired) electrons. The molecule has 0 unspecified atom stereocenters. The van der Waals surface area contributed by atoms with Crippen molar-refractivity contribution in [3.05, 3.63) is 71.8 Å². The average Bonchev–Trinajstić information content (AvgIpc) is 2.60. The summed E-state index contributed by atoms with van der Waals surface area (Å²) in [5.41, 5.74) is 2.74. The van der Waals surface area contributed by atoms with E-state index in [1.807, 2.05) is 0 Å². The SMILES string of the molecule is OC1CCN(C2CN(C(c3ccccc3)c3ccccc3)C2)CC1. The second-order valence-electron chi connectivity index (χ2n) is 7.10. The molecule has 3 heteroatoms. The first-order valence-electron chi connectivity index (χ1n) is 9.07. The molecule has 0 aliphatic carbocycles. The fourth-order valence-corrected chi connectivity index (χ4v) is 4.07. The number of benzene rings is 2. The van der Waals surface area contributed by atoms with Crippen LogP contribution in [-0.4, -0.2) is 53.2 Å². The topological polar surface area (TPSA) is 26.7 Å². The molecular weight excluding hydrogens is 296 g/mol. The van der Waals surface area contributed by atoms with Crippen molar-refractivity contribution >= 4 is 0 Å². The lowest BCUT2D eigenvalue weighted by atomic mass is 9.92. The van der Waals surface area contributed by atoms with Gasteiger partial charge < -0.3 is 5.11 Å². The standard InChI is InChI=1S/C21H26N2O/c24-20-11-13-22(14-12-20)19-15-23(16-19)21(17-7-3-1-4-8-17)18-9-5-2-6-10-18/h1-10,19-21,24H,11-16H2. The maximum Gasteiger partial charge on any atom is 0.0602 e. The minimum absolute atomic E-state index is 0.0844. The number of rotatable bonds is 4. The summed E-state index contributed by atoms with van der Waals surface area (Å²) in [7, 11) is 0. The number of likely N-dealkylation sites (tertiary alicyclic amines) is 2. The third kappa shape index (κ3) is 3.25. The van der Waals surface area contributed by atoms with Gasteiger partial charge in [-0.1, -0.05) is 60.7 Å². The molecule has 2 fully saturated rings. The highest BCUT2D eigenvalue weighted by Gasteiger charge is 2.37. The molecule has 24 heavy (non-hydrogen) atoms. The van der Waals surface area contributed by atoms with Gasteiger partial charge in [0.05, 0.1) is 12.1 Å². The van der Waals surface area contributed by atoms with Crippen LogP contribution in [0.4, 0.5) is 0 Å². The van der Waals surface area contributed by atoms with Gasteiger partial charge in [-0.3, -0.25) is 9.80 Å². The van der Waals surface area contributed by atoms with E-state index in [0.717, 1.165) is 39.0 Å². The molecule has 0 aromatic heterocycles. The summed E-state index contributed by atoms with van der Waals surface area (Å²) < 4.78 is 0. The highest BCUT2D eigenvalue weighted by Crippen LogP contribution is 2.34. The number of piperidine rings is 1. The van der Waals surface area contributed by atoms with Gasteiger partial charge in [-0.2, -0.15) is 0 Å². The zero-order valence-corrected chi connectivity index (χ0v) is 14.1. The van der Waals surface area contributed by atoms with Gasteiger partial charge in [0.1, 0.15) is 0 Å². The predicted molar refractivity (Wildman–Crippen MR) is 96.9 cm³/mol. The first-order chi connectivity index (χ1) is 11.8. The maximum atomic E-state index is 9.70. The quantitative estimate of drug-likeness (QED) is 0.937. The molecule has 2 aromatic rings. The molecule has 0 bridgehead atoms. The number of hydrogen-bond donors (Lipinski definition) is 1. The van der Waals surface area contributed by atoms with Crippen molar-refractivity contribution in [2.24, 2.45) is 0 Å². The van der Waals surface area contributed by atoms with Crippen LogP contribution in [0.1, 0.15) is 30.0 Å². The van der Waals surface area contributed by atoms with Crippen LogP contribution in [0.25, 0.3) is 0 Å². The summed E-state index contributed by atoms with van der Waals surface area (Å²) in [6.45, 7) is 4.32. The smallest absolute Gasteiger partial charge is 0.0602 e. The van der Waals surface area contributed by atoms with Crippen molar-refractivity contribution in [3.8, 4) is 0 Å². The van der Waals surface area contributed by atoms with Crippen LogP contribution in [0.5, 0.6) is 0 Å². The monoisotopic (exact) mass is 322 g/mol. The van der Waals surface area contributed by atoms with Crippen LogP contribution >= 0.6 is 0 Å². The molecule has 0 spiro atoms. The maximum absolute atomic E-state index is 9.70. The van der Waals surface area contributed by atoms with Gasteiger partial charge in [0.15, 0.2) is 0 Å². The third-order valence-corrected chi connectivity index (χ3v) is 5.50. The van der Waals surface area contributed by atoms with Crippen molar-refractivity contribution in [3.63, 3.8) is 0 Å². The Balaban J connectivity index is 1.48. The summed E-state index contributed by atoms with van der Waals surface area (Å²) in [5.74, 6) is 0. The predicted octanol–water partition coefficient (Wildman–Crippen LogP) is 2.92. The van der Waals surface area contributed by atoms with Crippen molar-refractivity contribution in [1.82, 2.24) is 9.80 Å². The summed E-state index contributed by atoms with van der Waals surface area (Å²) in [4.78, 5) is 5.15. The van der Waals surface area contributed by atoms with E-state index < -0.39 is 0 Å². The number of hydrogen-bond acceptors (Lipinski definition) is 3. The van der Waals surface area contributed by atoms with Crippen LogP contribution in [0.2, 0.25) is 0 Å². The molecule has 2 saturated heterocycles. The van der Waals surface area contributed by atoms with Gasteiger partial charge in [0, 0.05) is 32.2 Å².